The Balaban J connectivity index is 1.82. The fourth-order valence-corrected chi connectivity index (χ4v) is 4.16. The number of nitrogens with zero attached hydrogens (tertiary/aromatic N) is 2. The van der Waals surface area contributed by atoms with Gasteiger partial charge in [-0.3, -0.25) is 9.78 Å². The number of aryl methyl sites for hydroxylation is 1. The lowest BCUT2D eigenvalue weighted by Gasteiger charge is -2.37. The number of ether oxygens (including phenoxy) is 1. The summed E-state index contributed by atoms with van der Waals surface area (Å²) in [6.07, 6.45) is 12.4. The average Bonchev–Trinajstić information content (AvgIpc) is 2.65. The first-order valence-electron chi connectivity index (χ1n) is 9.14. The van der Waals surface area contributed by atoms with Crippen LogP contribution in [0.25, 0.3) is 0 Å². The van der Waals surface area contributed by atoms with Crippen LogP contribution in [0.5, 0.6) is 0 Å². The number of aromatic nitrogens is 1. The zero-order valence-corrected chi connectivity index (χ0v) is 14.7. The Morgan fingerprint density at radius 3 is 3.00 bits per heavy atom. The number of rotatable bonds is 5. The predicted molar refractivity (Wildman–Crippen MR) is 94.7 cm³/mol. The van der Waals surface area contributed by atoms with Crippen LogP contribution in [0.2, 0.25) is 0 Å². The molecular formula is C20H28N2O2. The second kappa shape index (κ2) is 7.93. The lowest BCUT2D eigenvalue weighted by atomic mass is 9.89. The van der Waals surface area contributed by atoms with Gasteiger partial charge in [-0.05, 0) is 74.6 Å². The third-order valence-corrected chi connectivity index (χ3v) is 5.52. The monoisotopic (exact) mass is 328 g/mol. The molecule has 2 atom stereocenters. The van der Waals surface area contributed by atoms with Crippen LogP contribution in [0.15, 0.2) is 24.9 Å². The first kappa shape index (κ1) is 17.2. The SMILES string of the molecule is C=CC(=O)N(Cc1nccc2c1CCCC2)C1CCCC(OC)C1. The third kappa shape index (κ3) is 3.69. The van der Waals surface area contributed by atoms with Crippen LogP contribution < -0.4 is 0 Å². The van der Waals surface area contributed by atoms with Crippen molar-refractivity contribution in [2.45, 2.75) is 70.1 Å². The van der Waals surface area contributed by atoms with Crippen LogP contribution >= 0.6 is 0 Å². The Labute approximate surface area is 144 Å². The topological polar surface area (TPSA) is 42.4 Å². The van der Waals surface area contributed by atoms with Crippen LogP contribution in [0.4, 0.5) is 0 Å². The highest BCUT2D eigenvalue weighted by Gasteiger charge is 2.30. The van der Waals surface area contributed by atoms with Gasteiger partial charge in [0, 0.05) is 19.3 Å². The Bertz CT molecular complexity index is 599. The van der Waals surface area contributed by atoms with Gasteiger partial charge in [0.1, 0.15) is 0 Å². The van der Waals surface area contributed by atoms with Gasteiger partial charge in [0.2, 0.25) is 5.91 Å². The Hall–Kier alpha value is -1.68. The Kier molecular flexibility index (Phi) is 5.67. The Morgan fingerprint density at radius 2 is 2.21 bits per heavy atom. The van der Waals surface area contributed by atoms with E-state index < -0.39 is 0 Å². The van der Waals surface area contributed by atoms with E-state index in [4.69, 9.17) is 4.74 Å². The van der Waals surface area contributed by atoms with Crippen molar-refractivity contribution in [3.05, 3.63) is 41.7 Å². The third-order valence-electron chi connectivity index (χ3n) is 5.52. The first-order chi connectivity index (χ1) is 11.7. The van der Waals surface area contributed by atoms with E-state index in [1.54, 1.807) is 7.11 Å². The number of methoxy groups -OCH3 is 1. The van der Waals surface area contributed by atoms with Crippen LogP contribution in [0.1, 0.15) is 55.3 Å². The fraction of sp³-hybridized carbons (Fsp3) is 0.600. The molecule has 0 aromatic carbocycles. The van der Waals surface area contributed by atoms with E-state index >= 15 is 0 Å². The largest absolute Gasteiger partial charge is 0.381 e. The lowest BCUT2D eigenvalue weighted by Crippen LogP contribution is -2.43. The van der Waals surface area contributed by atoms with Crippen LogP contribution in [-0.2, 0) is 28.9 Å². The molecule has 2 aliphatic carbocycles. The molecule has 2 aliphatic rings. The molecule has 2 unspecified atom stereocenters. The van der Waals surface area contributed by atoms with Crippen LogP contribution in [-0.4, -0.2) is 35.0 Å². The van der Waals surface area contributed by atoms with Gasteiger partial charge in [-0.15, -0.1) is 0 Å². The molecule has 1 heterocycles. The molecule has 0 N–H and O–H groups in total. The minimum Gasteiger partial charge on any atom is -0.381 e. The highest BCUT2D eigenvalue weighted by atomic mass is 16.5. The molecule has 3 rings (SSSR count). The van der Waals surface area contributed by atoms with Gasteiger partial charge in [-0.25, -0.2) is 0 Å². The highest BCUT2D eigenvalue weighted by Crippen LogP contribution is 2.28. The van der Waals surface area contributed by atoms with Gasteiger partial charge in [-0.2, -0.15) is 0 Å². The summed E-state index contributed by atoms with van der Waals surface area (Å²) in [5.74, 6) is 0.00645. The number of carbonyl (C=O) groups excluding carboxylic acids is 1. The summed E-state index contributed by atoms with van der Waals surface area (Å²) in [7, 11) is 1.77. The molecule has 0 aliphatic heterocycles. The maximum Gasteiger partial charge on any atom is 0.246 e. The number of amides is 1. The molecule has 1 fully saturated rings. The second-order valence-electron chi connectivity index (χ2n) is 6.95. The lowest BCUT2D eigenvalue weighted by molar-refractivity contribution is -0.130. The van der Waals surface area contributed by atoms with Crippen molar-refractivity contribution in [2.75, 3.05) is 7.11 Å². The van der Waals surface area contributed by atoms with E-state index in [1.165, 1.54) is 30.0 Å². The summed E-state index contributed by atoms with van der Waals surface area (Å²) in [5.41, 5.74) is 3.85. The van der Waals surface area contributed by atoms with Crippen LogP contribution in [0, 0.1) is 0 Å². The molecule has 0 saturated heterocycles. The quantitative estimate of drug-likeness (QED) is 0.778. The van der Waals surface area contributed by atoms with E-state index in [0.717, 1.165) is 44.2 Å². The van der Waals surface area contributed by atoms with E-state index in [9.17, 15) is 4.79 Å². The van der Waals surface area contributed by atoms with Crippen molar-refractivity contribution in [1.29, 1.82) is 0 Å². The standard InChI is InChI=1S/C20H28N2O2/c1-3-20(23)22(16-8-6-9-17(13-16)24-2)14-19-18-10-5-4-7-15(18)11-12-21-19/h3,11-12,16-17H,1,4-10,13-14H2,2H3. The first-order valence-corrected chi connectivity index (χ1v) is 9.14. The summed E-state index contributed by atoms with van der Waals surface area (Å²) >= 11 is 0. The fourth-order valence-electron chi connectivity index (χ4n) is 4.16. The molecule has 1 amide bonds. The van der Waals surface area contributed by atoms with Crippen molar-refractivity contribution in [1.82, 2.24) is 9.88 Å². The van der Waals surface area contributed by atoms with E-state index in [2.05, 4.69) is 17.6 Å². The van der Waals surface area contributed by atoms with E-state index in [0.29, 0.717) is 6.54 Å². The molecule has 1 aromatic rings. The highest BCUT2D eigenvalue weighted by molar-refractivity contribution is 5.87. The number of carbonyl (C=O) groups is 1. The van der Waals surface area contributed by atoms with Gasteiger partial charge in [0.05, 0.1) is 18.3 Å². The molecule has 0 bridgehead atoms. The number of hydrogen-bond donors (Lipinski definition) is 0. The number of fused-ring (bicyclic) bond motifs is 1. The van der Waals surface area contributed by atoms with Crippen molar-refractivity contribution in [3.8, 4) is 0 Å². The van der Waals surface area contributed by atoms with Gasteiger partial charge in [0.15, 0.2) is 0 Å². The summed E-state index contributed by atoms with van der Waals surface area (Å²) in [6, 6.07) is 2.36. The normalized spacial score (nSPS) is 23.4. The zero-order valence-electron chi connectivity index (χ0n) is 14.7. The molecule has 130 valence electrons. The van der Waals surface area contributed by atoms with Crippen molar-refractivity contribution in [2.24, 2.45) is 0 Å². The summed E-state index contributed by atoms with van der Waals surface area (Å²) < 4.78 is 5.55. The average molecular weight is 328 g/mol. The van der Waals surface area contributed by atoms with Crippen molar-refractivity contribution in [3.63, 3.8) is 0 Å². The summed E-state index contributed by atoms with van der Waals surface area (Å²) in [6.45, 7) is 4.29. The molecular weight excluding hydrogens is 300 g/mol. The second-order valence-corrected chi connectivity index (χ2v) is 6.95. The smallest absolute Gasteiger partial charge is 0.246 e. The van der Waals surface area contributed by atoms with Crippen molar-refractivity contribution >= 4 is 5.91 Å². The summed E-state index contributed by atoms with van der Waals surface area (Å²) in [4.78, 5) is 19.1. The molecule has 1 aromatic heterocycles. The van der Waals surface area contributed by atoms with Crippen molar-refractivity contribution < 1.29 is 9.53 Å². The van der Waals surface area contributed by atoms with Gasteiger partial charge < -0.3 is 9.64 Å². The molecule has 0 radical (unpaired) electrons. The predicted octanol–water partition coefficient (Wildman–Crippen LogP) is 3.43. The van der Waals surface area contributed by atoms with E-state index in [1.807, 2.05) is 11.1 Å². The van der Waals surface area contributed by atoms with Gasteiger partial charge in [-0.1, -0.05) is 6.58 Å². The molecule has 1 saturated carbocycles. The van der Waals surface area contributed by atoms with Crippen LogP contribution in [0.3, 0.4) is 0 Å². The van der Waals surface area contributed by atoms with E-state index in [-0.39, 0.29) is 18.1 Å². The maximum atomic E-state index is 12.5. The minimum absolute atomic E-state index is 0.00645. The minimum atomic E-state index is 0.00645. The number of pyridine rings is 1. The van der Waals surface area contributed by atoms with Gasteiger partial charge in [0.25, 0.3) is 0 Å². The molecule has 4 heteroatoms. The zero-order chi connectivity index (χ0) is 16.9. The summed E-state index contributed by atoms with van der Waals surface area (Å²) in [5, 5.41) is 0. The van der Waals surface area contributed by atoms with Gasteiger partial charge >= 0.3 is 0 Å². The molecule has 4 nitrogen and oxygen atoms in total. The number of hydrogen-bond acceptors (Lipinski definition) is 3. The Morgan fingerprint density at radius 1 is 1.38 bits per heavy atom. The maximum absolute atomic E-state index is 12.5. The molecule has 0 spiro atoms. The molecule has 24 heavy (non-hydrogen) atoms.